The fourth-order valence-corrected chi connectivity index (χ4v) is 8.17. The second-order valence-corrected chi connectivity index (χ2v) is 19.5. The van der Waals surface area contributed by atoms with Crippen molar-refractivity contribution in [2.24, 2.45) is 5.73 Å². The Kier molecular flexibility index (Phi) is 24.8. The number of aliphatic hydroxyl groups is 2. The molecule has 342 valence electrons. The summed E-state index contributed by atoms with van der Waals surface area (Å²) in [5, 5.41) is 20.9. The van der Waals surface area contributed by atoms with Crippen LogP contribution in [0.3, 0.4) is 0 Å². The van der Waals surface area contributed by atoms with Gasteiger partial charge in [-0.15, -0.1) is 0 Å². The summed E-state index contributed by atoms with van der Waals surface area (Å²) in [6, 6.07) is -0.605. The van der Waals surface area contributed by atoms with E-state index in [0.717, 1.165) is 71.1 Å². The van der Waals surface area contributed by atoms with Gasteiger partial charge in [-0.05, 0) is 45.4 Å². The third kappa shape index (κ3) is 25.6. The molecule has 0 aromatic heterocycles. The molecule has 6 N–H and O–H groups in total. The highest BCUT2D eigenvalue weighted by Crippen LogP contribution is 2.47. The van der Waals surface area contributed by atoms with E-state index in [1.807, 2.05) is 21.1 Å². The first-order chi connectivity index (χ1) is 27.2. The van der Waals surface area contributed by atoms with E-state index in [2.05, 4.69) is 4.18 Å². The first kappa shape index (κ1) is 53.0. The lowest BCUT2D eigenvalue weighted by Gasteiger charge is -2.33. The number of aliphatic hydroxyl groups excluding tert-OH is 1. The van der Waals surface area contributed by atoms with Crippen LogP contribution in [0.5, 0.6) is 0 Å². The number of esters is 1. The van der Waals surface area contributed by atoms with Gasteiger partial charge >= 0.3 is 24.2 Å². The number of unbranched alkanes of at least 4 members (excludes halogenated alkanes) is 14. The third-order valence-corrected chi connectivity index (χ3v) is 11.6. The first-order valence-electron chi connectivity index (χ1n) is 21.2. The predicted octanol–water partition coefficient (Wildman–Crippen LogP) is 5.45. The van der Waals surface area contributed by atoms with Crippen LogP contribution in [0, 0.1) is 0 Å². The zero-order valence-corrected chi connectivity index (χ0v) is 37.2. The van der Waals surface area contributed by atoms with Gasteiger partial charge < -0.3 is 44.3 Å². The van der Waals surface area contributed by atoms with E-state index in [0.29, 0.717) is 36.9 Å². The quantitative estimate of drug-likeness (QED) is 0.0101. The van der Waals surface area contributed by atoms with Crippen LogP contribution in [-0.2, 0) is 51.9 Å². The number of phosphoric ester groups is 1. The van der Waals surface area contributed by atoms with Crippen molar-refractivity contribution >= 4 is 24.2 Å². The molecule has 1 unspecified atom stereocenters. The number of nitrogens with zero attached hydrogens (tertiary/aromatic N) is 1. The molecule has 7 atom stereocenters. The molecule has 2 heterocycles. The summed E-state index contributed by atoms with van der Waals surface area (Å²) < 4.78 is 79.5. The van der Waals surface area contributed by atoms with Gasteiger partial charge in [-0.1, -0.05) is 83.1 Å². The maximum atomic E-state index is 12.1. The van der Waals surface area contributed by atoms with Gasteiger partial charge in [-0.25, -0.2) is 13.5 Å². The first-order valence-corrected chi connectivity index (χ1v) is 24.1. The second-order valence-electron chi connectivity index (χ2n) is 17.0. The van der Waals surface area contributed by atoms with Crippen LogP contribution in [0.2, 0.25) is 0 Å². The Hall–Kier alpha value is -1.09. The van der Waals surface area contributed by atoms with Gasteiger partial charge in [0.2, 0.25) is 5.79 Å². The Bertz CT molecular complexity index is 1330. The Morgan fingerprint density at radius 2 is 1.55 bits per heavy atom. The van der Waals surface area contributed by atoms with Crippen molar-refractivity contribution in [3.05, 3.63) is 12.2 Å². The standard InChI is InChI=1S/C39H75N2O15PS/c1-38(44,56-57(45,46)52-29-27-41(2,3)4)32-51-36(43)23-19-15-13-14-18-22-35-37-34(42)24-26-39(54-35,55-37)25-20-16-11-9-7-5-6-8-10-12-17-21-28-50-30-33(40)31-53-58(47,48)49/h19,23,33-35,37,42,44H,5-18,20-22,24-32,40H2,1-4H3,(H-,45,46,47,48,49)/p+1/b23-19+/t33-,34-,35-,37+,38-,39+/m1/s1. The summed E-state index contributed by atoms with van der Waals surface area (Å²) in [6.07, 6.45) is 22.3. The number of nitrogens with two attached hydrogens (primary N) is 1. The number of hydrogen-bond acceptors (Lipinski definition) is 14. The van der Waals surface area contributed by atoms with E-state index in [4.69, 9.17) is 38.3 Å². The van der Waals surface area contributed by atoms with Crippen molar-refractivity contribution in [3.8, 4) is 0 Å². The molecule has 2 rings (SSSR count). The molecule has 0 amide bonds. The van der Waals surface area contributed by atoms with E-state index >= 15 is 0 Å². The van der Waals surface area contributed by atoms with Crippen LogP contribution < -0.4 is 5.73 Å². The number of carbonyl (C=O) groups is 1. The number of quaternary nitrogens is 1. The second kappa shape index (κ2) is 27.1. The minimum Gasteiger partial charge on any atom is -0.457 e. The maximum absolute atomic E-state index is 12.1. The average Bonchev–Trinajstić information content (AvgIpc) is 3.42. The number of hydrogen-bond donors (Lipinski definition) is 5. The lowest BCUT2D eigenvalue weighted by Crippen LogP contribution is -2.41. The van der Waals surface area contributed by atoms with Gasteiger partial charge in [0, 0.05) is 25.5 Å². The number of allylic oxidation sites excluding steroid dienone is 1. The van der Waals surface area contributed by atoms with Crippen molar-refractivity contribution in [3.63, 3.8) is 0 Å². The van der Waals surface area contributed by atoms with Crippen LogP contribution in [0.25, 0.3) is 0 Å². The lowest BCUT2D eigenvalue weighted by atomic mass is 9.94. The van der Waals surface area contributed by atoms with Crippen LogP contribution in [-0.4, -0.2) is 135 Å². The fraction of sp³-hybridized carbons (Fsp3) is 0.923. The molecule has 0 aliphatic carbocycles. The molecule has 58 heavy (non-hydrogen) atoms. The molecule has 0 aromatic rings. The maximum Gasteiger partial charge on any atom is 0.475 e. The molecule has 2 fully saturated rings. The minimum absolute atomic E-state index is 0.0559. The molecule has 0 saturated carbocycles. The van der Waals surface area contributed by atoms with Gasteiger partial charge in [0.05, 0.1) is 52.6 Å². The Morgan fingerprint density at radius 3 is 2.17 bits per heavy atom. The van der Waals surface area contributed by atoms with Crippen molar-refractivity contribution in [1.82, 2.24) is 0 Å². The van der Waals surface area contributed by atoms with Gasteiger partial charge in [0.25, 0.3) is 0 Å². The van der Waals surface area contributed by atoms with E-state index < -0.39 is 54.5 Å². The largest absolute Gasteiger partial charge is 0.475 e. The Morgan fingerprint density at radius 1 is 0.948 bits per heavy atom. The molecule has 0 aromatic carbocycles. The highest BCUT2D eigenvalue weighted by molar-refractivity contribution is 7.80. The fourth-order valence-electron chi connectivity index (χ4n) is 6.91. The molecule has 19 heteroatoms. The Labute approximate surface area is 347 Å². The predicted molar refractivity (Wildman–Crippen MR) is 218 cm³/mol. The van der Waals surface area contributed by atoms with E-state index in [-0.39, 0.29) is 32.0 Å². The number of phosphoric acid groups is 1. The SMILES string of the molecule is C[C@](O)(COC(=O)/C=C/CCCCC[C@H]1O[C@]2(CCCCCCCCCCCCCCOC[C@@H](N)COS(=O)(=O)O)CC[C@@H](O)[C@@H]1O2)OP(=O)(O)OCC[N+](C)(C)C. The number of likely N-dealkylation sites (N-methyl/N-ethyl adjacent to an activating group) is 1. The highest BCUT2D eigenvalue weighted by Gasteiger charge is 2.53. The normalized spacial score (nSPS) is 23.8. The molecule has 2 aliphatic rings. The zero-order chi connectivity index (χ0) is 43.1. The number of ether oxygens (including phenoxy) is 4. The van der Waals surface area contributed by atoms with Crippen molar-refractivity contribution in [2.45, 2.75) is 171 Å². The summed E-state index contributed by atoms with van der Waals surface area (Å²) in [6.45, 7) is 1.30. The molecule has 2 bridgehead atoms. The van der Waals surface area contributed by atoms with Gasteiger partial charge in [0.1, 0.15) is 25.9 Å². The molecule has 2 saturated heterocycles. The van der Waals surface area contributed by atoms with Crippen LogP contribution in [0.15, 0.2) is 12.2 Å². The van der Waals surface area contributed by atoms with E-state index in [1.165, 1.54) is 51.0 Å². The third-order valence-electron chi connectivity index (χ3n) is 10.1. The van der Waals surface area contributed by atoms with E-state index in [1.54, 1.807) is 6.08 Å². The topological polar surface area (TPSA) is 240 Å². The van der Waals surface area contributed by atoms with Crippen molar-refractivity contribution in [1.29, 1.82) is 0 Å². The molecular formula is C39H76N2O15PS+. The number of carbonyl (C=O) groups excluding carboxylic acids is 1. The summed E-state index contributed by atoms with van der Waals surface area (Å²) in [7, 11) is -3.34. The minimum atomic E-state index is -4.56. The van der Waals surface area contributed by atoms with E-state index in [9.17, 15) is 32.9 Å². The zero-order valence-electron chi connectivity index (χ0n) is 35.5. The summed E-state index contributed by atoms with van der Waals surface area (Å²) in [4.78, 5) is 22.0. The summed E-state index contributed by atoms with van der Waals surface area (Å²) >= 11 is 0. The van der Waals surface area contributed by atoms with Crippen LogP contribution in [0.1, 0.15) is 135 Å². The highest BCUT2D eigenvalue weighted by atomic mass is 32.3. The Balaban J connectivity index is 1.48. The van der Waals surface area contributed by atoms with Gasteiger partial charge in [-0.3, -0.25) is 13.6 Å². The number of rotatable bonds is 35. The molecule has 2 aliphatic heterocycles. The molecule has 0 spiro atoms. The summed E-state index contributed by atoms with van der Waals surface area (Å²) in [5.41, 5.74) is 5.68. The molecule has 0 radical (unpaired) electrons. The monoisotopic (exact) mass is 875 g/mol. The molecule has 17 nitrogen and oxygen atoms in total. The van der Waals surface area contributed by atoms with Gasteiger partial charge in [-0.2, -0.15) is 8.42 Å². The van der Waals surface area contributed by atoms with Crippen LogP contribution in [0.4, 0.5) is 0 Å². The summed E-state index contributed by atoms with van der Waals surface area (Å²) in [5.74, 6) is -3.50. The lowest BCUT2D eigenvalue weighted by molar-refractivity contribution is -0.870. The molecular weight excluding hydrogens is 799 g/mol. The number of fused-ring (bicyclic) bond motifs is 2. The smallest absolute Gasteiger partial charge is 0.457 e. The van der Waals surface area contributed by atoms with Crippen LogP contribution >= 0.6 is 7.82 Å². The van der Waals surface area contributed by atoms with Crippen molar-refractivity contribution < 1.29 is 74.1 Å². The van der Waals surface area contributed by atoms with Gasteiger partial charge in [0.15, 0.2) is 5.79 Å². The average molecular weight is 876 g/mol. The van der Waals surface area contributed by atoms with Crippen molar-refractivity contribution in [2.75, 3.05) is 60.7 Å².